The first-order valence-electron chi connectivity index (χ1n) is 13.2. The van der Waals surface area contributed by atoms with Crippen LogP contribution in [0.5, 0.6) is 0 Å². The third-order valence-corrected chi connectivity index (χ3v) is 10.3. The van der Waals surface area contributed by atoms with Crippen LogP contribution in [0.15, 0.2) is 29.5 Å². The van der Waals surface area contributed by atoms with Gasteiger partial charge in [0, 0.05) is 36.2 Å². The van der Waals surface area contributed by atoms with Crippen molar-refractivity contribution < 1.29 is 22.8 Å². The number of allylic oxidation sites excluding steroid dienone is 2. The number of alkyl halides is 3. The van der Waals surface area contributed by atoms with Crippen LogP contribution in [0, 0.1) is 45.8 Å². The number of carbonyl (C=O) groups excluding carboxylic acids is 2. The minimum absolute atomic E-state index is 0.0478. The number of piperidine rings is 1. The number of likely N-dealkylation sites (tertiary alicyclic amines) is 1. The van der Waals surface area contributed by atoms with E-state index in [9.17, 15) is 22.8 Å². The van der Waals surface area contributed by atoms with Gasteiger partial charge in [0.05, 0.1) is 17.2 Å². The lowest BCUT2D eigenvalue weighted by Gasteiger charge is -2.59. The van der Waals surface area contributed by atoms with Crippen LogP contribution in [0.4, 0.5) is 18.9 Å². The average molecular weight is 514 g/mol. The Labute approximate surface area is 216 Å². The maximum atomic E-state index is 13.5. The molecule has 0 bridgehead atoms. The zero-order chi connectivity index (χ0) is 26.9. The van der Waals surface area contributed by atoms with Crippen LogP contribution in [0.1, 0.15) is 76.8 Å². The highest BCUT2D eigenvalue weighted by molar-refractivity contribution is 5.93. The molecule has 8 heteroatoms. The minimum atomic E-state index is -4.67. The standard InChI is InChI=1S/C29H34F3N3O2/c1-16-13-19-20-7-8-22(26(37)34-18-6-5-17(15-33)23(14-18)29(30,31)32)27(20,2)11-9-21(19)28(3)12-10-24(36)35(4)25(16)28/h5-6,14,19-22H,7-13H2,1-4H3,(H,34,37)/t19-,20-,21-,22+,27-,28+/m0/s1. The summed E-state index contributed by atoms with van der Waals surface area (Å²) in [6.07, 6.45) is 1.17. The quantitative estimate of drug-likeness (QED) is 0.490. The summed E-state index contributed by atoms with van der Waals surface area (Å²) in [7, 11) is 1.90. The molecule has 2 amide bonds. The normalized spacial score (nSPS) is 35.4. The van der Waals surface area contributed by atoms with Gasteiger partial charge in [-0.25, -0.2) is 0 Å². The number of halogens is 3. The fourth-order valence-electron chi connectivity index (χ4n) is 8.72. The molecular weight excluding hydrogens is 479 g/mol. The zero-order valence-corrected chi connectivity index (χ0v) is 21.8. The topological polar surface area (TPSA) is 73.2 Å². The number of hydrogen-bond donors (Lipinski definition) is 1. The van der Waals surface area contributed by atoms with E-state index in [-0.39, 0.29) is 34.2 Å². The van der Waals surface area contributed by atoms with Crippen LogP contribution in [0.25, 0.3) is 0 Å². The second kappa shape index (κ2) is 8.61. The minimum Gasteiger partial charge on any atom is -0.326 e. The molecule has 6 atom stereocenters. The van der Waals surface area contributed by atoms with E-state index in [0.29, 0.717) is 30.6 Å². The number of anilines is 1. The molecule has 198 valence electrons. The Morgan fingerprint density at radius 1 is 1.16 bits per heavy atom. The molecule has 1 aromatic carbocycles. The third kappa shape index (κ3) is 3.88. The molecule has 1 aliphatic heterocycles. The SMILES string of the molecule is CC1=C2N(C)C(=O)CC[C@]2(C)[C@H]2CC[C@]3(C)[C@@H](C(=O)Nc4ccc(C#N)c(C(F)(F)F)c4)CC[C@H]3[C@@H]2C1. The summed E-state index contributed by atoms with van der Waals surface area (Å²) in [5, 5.41) is 11.8. The van der Waals surface area contributed by atoms with Gasteiger partial charge in [-0.3, -0.25) is 9.59 Å². The van der Waals surface area contributed by atoms with E-state index < -0.39 is 17.3 Å². The van der Waals surface area contributed by atoms with Crippen molar-refractivity contribution in [3.05, 3.63) is 40.6 Å². The van der Waals surface area contributed by atoms with E-state index in [0.717, 1.165) is 44.2 Å². The number of nitrogens with one attached hydrogen (secondary N) is 1. The molecule has 37 heavy (non-hydrogen) atoms. The van der Waals surface area contributed by atoms with E-state index in [4.69, 9.17) is 5.26 Å². The second-order valence-corrected chi connectivity index (χ2v) is 12.1. The Balaban J connectivity index is 1.40. The molecule has 3 aliphatic carbocycles. The summed E-state index contributed by atoms with van der Waals surface area (Å²) in [6, 6.07) is 4.93. The zero-order valence-electron chi connectivity index (χ0n) is 21.8. The van der Waals surface area contributed by atoms with E-state index in [2.05, 4.69) is 26.1 Å². The van der Waals surface area contributed by atoms with E-state index in [1.165, 1.54) is 17.3 Å². The molecule has 3 fully saturated rings. The highest BCUT2D eigenvalue weighted by Gasteiger charge is 2.61. The lowest BCUT2D eigenvalue weighted by atomic mass is 9.48. The van der Waals surface area contributed by atoms with Crippen LogP contribution < -0.4 is 5.32 Å². The number of carbonyl (C=O) groups is 2. The fourth-order valence-corrected chi connectivity index (χ4v) is 8.72. The van der Waals surface area contributed by atoms with Crippen molar-refractivity contribution in [1.82, 2.24) is 4.90 Å². The number of fused-ring (bicyclic) bond motifs is 5. The Hall–Kier alpha value is -2.82. The number of benzene rings is 1. The Morgan fingerprint density at radius 2 is 1.89 bits per heavy atom. The first-order chi connectivity index (χ1) is 17.3. The smallest absolute Gasteiger partial charge is 0.326 e. The van der Waals surface area contributed by atoms with E-state index in [1.807, 2.05) is 11.9 Å². The summed E-state index contributed by atoms with van der Waals surface area (Å²) in [4.78, 5) is 27.8. The van der Waals surface area contributed by atoms with Gasteiger partial charge in [-0.15, -0.1) is 0 Å². The molecule has 1 heterocycles. The molecular formula is C29H34F3N3O2. The summed E-state index contributed by atoms with van der Waals surface area (Å²) in [6.45, 7) is 6.65. The maximum absolute atomic E-state index is 13.5. The lowest BCUT2D eigenvalue weighted by Crippen LogP contribution is -2.54. The lowest BCUT2D eigenvalue weighted by molar-refractivity contribution is -0.138. The van der Waals surface area contributed by atoms with Gasteiger partial charge in [0.25, 0.3) is 0 Å². The highest BCUT2D eigenvalue weighted by Crippen LogP contribution is 2.67. The Morgan fingerprint density at radius 3 is 2.57 bits per heavy atom. The Kier molecular flexibility index (Phi) is 6.01. The largest absolute Gasteiger partial charge is 0.417 e. The Bertz CT molecular complexity index is 1230. The van der Waals surface area contributed by atoms with Gasteiger partial charge in [0.2, 0.25) is 11.8 Å². The van der Waals surface area contributed by atoms with E-state index in [1.54, 1.807) is 6.07 Å². The van der Waals surface area contributed by atoms with Crippen molar-refractivity contribution in [2.75, 3.05) is 12.4 Å². The van der Waals surface area contributed by atoms with Crippen molar-refractivity contribution in [3.8, 4) is 6.07 Å². The van der Waals surface area contributed by atoms with E-state index >= 15 is 0 Å². The molecule has 0 unspecified atom stereocenters. The maximum Gasteiger partial charge on any atom is 0.417 e. The molecule has 1 saturated heterocycles. The van der Waals surface area contributed by atoms with Crippen LogP contribution in [-0.2, 0) is 15.8 Å². The predicted molar refractivity (Wildman–Crippen MR) is 133 cm³/mol. The van der Waals surface area contributed by atoms with Crippen LogP contribution >= 0.6 is 0 Å². The summed E-state index contributed by atoms with van der Waals surface area (Å²) in [5.41, 5.74) is 0.772. The monoisotopic (exact) mass is 513 g/mol. The molecule has 1 N–H and O–H groups in total. The molecule has 5 rings (SSSR count). The van der Waals surface area contributed by atoms with Crippen molar-refractivity contribution in [1.29, 1.82) is 5.26 Å². The molecule has 2 saturated carbocycles. The van der Waals surface area contributed by atoms with Crippen molar-refractivity contribution >= 4 is 17.5 Å². The number of nitriles is 1. The molecule has 5 nitrogen and oxygen atoms in total. The van der Waals surface area contributed by atoms with Gasteiger partial charge in [-0.1, -0.05) is 19.4 Å². The molecule has 4 aliphatic rings. The van der Waals surface area contributed by atoms with Gasteiger partial charge >= 0.3 is 6.18 Å². The molecule has 1 aromatic rings. The highest BCUT2D eigenvalue weighted by atomic mass is 19.4. The van der Waals surface area contributed by atoms with Crippen molar-refractivity contribution in [3.63, 3.8) is 0 Å². The number of hydrogen-bond acceptors (Lipinski definition) is 3. The van der Waals surface area contributed by atoms with Gasteiger partial charge in [0.15, 0.2) is 0 Å². The van der Waals surface area contributed by atoms with Crippen molar-refractivity contribution in [2.45, 2.75) is 71.9 Å². The number of rotatable bonds is 2. The molecule has 0 aromatic heterocycles. The third-order valence-electron chi connectivity index (χ3n) is 10.3. The molecule has 0 radical (unpaired) electrons. The van der Waals surface area contributed by atoms with Crippen LogP contribution in [0.2, 0.25) is 0 Å². The van der Waals surface area contributed by atoms with Crippen molar-refractivity contribution in [2.24, 2.45) is 34.5 Å². The first-order valence-corrected chi connectivity index (χ1v) is 13.2. The van der Waals surface area contributed by atoms with Gasteiger partial charge in [0.1, 0.15) is 0 Å². The first kappa shape index (κ1) is 25.8. The average Bonchev–Trinajstić information content (AvgIpc) is 3.18. The van der Waals surface area contributed by atoms with Gasteiger partial charge in [-0.05, 0) is 86.8 Å². The number of amides is 2. The number of nitrogens with zero attached hydrogens (tertiary/aromatic N) is 2. The van der Waals surface area contributed by atoms with Crippen LogP contribution in [-0.4, -0.2) is 23.8 Å². The second-order valence-electron chi connectivity index (χ2n) is 12.1. The molecule has 0 spiro atoms. The fraction of sp³-hybridized carbons (Fsp3) is 0.621. The van der Waals surface area contributed by atoms with Gasteiger partial charge < -0.3 is 10.2 Å². The summed E-state index contributed by atoms with van der Waals surface area (Å²) in [5.74, 6) is 0.898. The summed E-state index contributed by atoms with van der Waals surface area (Å²) < 4.78 is 40.3. The van der Waals surface area contributed by atoms with Gasteiger partial charge in [-0.2, -0.15) is 18.4 Å². The van der Waals surface area contributed by atoms with Crippen LogP contribution in [0.3, 0.4) is 0 Å². The summed E-state index contributed by atoms with van der Waals surface area (Å²) >= 11 is 0. The predicted octanol–water partition coefficient (Wildman–Crippen LogP) is 6.51.